The third-order valence-corrected chi connectivity index (χ3v) is 4.88. The first-order valence-corrected chi connectivity index (χ1v) is 10.2. The molecule has 0 unspecified atom stereocenters. The molecular weight excluding hydrogens is 398 g/mol. The molecule has 0 saturated carbocycles. The maximum atomic E-state index is 13.3. The molecule has 0 saturated heterocycles. The first kappa shape index (κ1) is 22.2. The number of hydrogen-bond donors (Lipinski definition) is 3. The molecule has 0 aliphatic carbocycles. The Labute approximate surface area is 180 Å². The van der Waals surface area contributed by atoms with Crippen molar-refractivity contribution >= 4 is 23.1 Å². The molecule has 162 valence electrons. The van der Waals surface area contributed by atoms with Crippen LogP contribution in [0.15, 0.2) is 54.6 Å². The van der Waals surface area contributed by atoms with Gasteiger partial charge in [-0.2, -0.15) is 0 Å². The van der Waals surface area contributed by atoms with Gasteiger partial charge >= 0.3 is 0 Å². The average molecular weight is 424 g/mol. The van der Waals surface area contributed by atoms with E-state index in [1.807, 2.05) is 13.0 Å². The lowest BCUT2D eigenvalue weighted by molar-refractivity contribution is -0.116. The van der Waals surface area contributed by atoms with Gasteiger partial charge in [0.05, 0.1) is 17.1 Å². The Morgan fingerprint density at radius 3 is 2.45 bits per heavy atom. The van der Waals surface area contributed by atoms with Gasteiger partial charge in [0.15, 0.2) is 0 Å². The SMILES string of the molecule is CCc1nc(NCc2ccc(F)cc2)cc(NC)c1NC(=O)CCc1cccc(F)c1. The van der Waals surface area contributed by atoms with Gasteiger partial charge in [0, 0.05) is 26.1 Å². The molecule has 7 heteroatoms. The van der Waals surface area contributed by atoms with Crippen LogP contribution in [0.25, 0.3) is 0 Å². The lowest BCUT2D eigenvalue weighted by Crippen LogP contribution is -2.16. The van der Waals surface area contributed by atoms with E-state index >= 15 is 0 Å². The molecule has 5 nitrogen and oxygen atoms in total. The van der Waals surface area contributed by atoms with Crippen molar-refractivity contribution in [1.82, 2.24) is 4.98 Å². The molecule has 1 heterocycles. The highest BCUT2D eigenvalue weighted by Crippen LogP contribution is 2.29. The van der Waals surface area contributed by atoms with Gasteiger partial charge < -0.3 is 16.0 Å². The Kier molecular flexibility index (Phi) is 7.54. The van der Waals surface area contributed by atoms with Gasteiger partial charge in [-0.25, -0.2) is 13.8 Å². The zero-order chi connectivity index (χ0) is 22.2. The summed E-state index contributed by atoms with van der Waals surface area (Å²) in [5, 5.41) is 9.30. The number of benzene rings is 2. The number of rotatable bonds is 9. The summed E-state index contributed by atoms with van der Waals surface area (Å²) in [5.74, 6) is -0.0887. The van der Waals surface area contributed by atoms with Crippen molar-refractivity contribution in [2.75, 3.05) is 23.0 Å². The number of nitrogens with zero attached hydrogens (tertiary/aromatic N) is 1. The van der Waals surface area contributed by atoms with Crippen LogP contribution in [-0.2, 0) is 24.2 Å². The molecule has 0 spiro atoms. The number of nitrogens with one attached hydrogen (secondary N) is 3. The second-order valence-corrected chi connectivity index (χ2v) is 7.14. The van der Waals surface area contributed by atoms with E-state index in [0.717, 1.165) is 22.5 Å². The molecule has 3 aromatic rings. The van der Waals surface area contributed by atoms with Gasteiger partial charge in [-0.1, -0.05) is 31.2 Å². The Morgan fingerprint density at radius 1 is 1.00 bits per heavy atom. The quantitative estimate of drug-likeness (QED) is 0.445. The van der Waals surface area contributed by atoms with E-state index in [4.69, 9.17) is 0 Å². The Hall–Kier alpha value is -3.48. The minimum absolute atomic E-state index is 0.163. The topological polar surface area (TPSA) is 66.1 Å². The van der Waals surface area contributed by atoms with E-state index in [2.05, 4.69) is 20.9 Å². The smallest absolute Gasteiger partial charge is 0.224 e. The summed E-state index contributed by atoms with van der Waals surface area (Å²) in [6, 6.07) is 14.4. The van der Waals surface area contributed by atoms with Crippen LogP contribution in [0.4, 0.5) is 26.0 Å². The van der Waals surface area contributed by atoms with E-state index in [1.165, 1.54) is 24.3 Å². The summed E-state index contributed by atoms with van der Waals surface area (Å²) < 4.78 is 26.4. The van der Waals surface area contributed by atoms with Gasteiger partial charge in [-0.15, -0.1) is 0 Å². The summed E-state index contributed by atoms with van der Waals surface area (Å²) in [6.07, 6.45) is 1.31. The first-order chi connectivity index (χ1) is 15.0. The average Bonchev–Trinajstić information content (AvgIpc) is 2.77. The van der Waals surface area contributed by atoms with E-state index in [1.54, 1.807) is 31.3 Å². The summed E-state index contributed by atoms with van der Waals surface area (Å²) >= 11 is 0. The van der Waals surface area contributed by atoms with Crippen LogP contribution in [0.5, 0.6) is 0 Å². The molecule has 3 rings (SSSR count). The largest absolute Gasteiger partial charge is 0.386 e. The predicted molar refractivity (Wildman–Crippen MR) is 120 cm³/mol. The third kappa shape index (κ3) is 6.25. The van der Waals surface area contributed by atoms with Crippen LogP contribution >= 0.6 is 0 Å². The second kappa shape index (κ2) is 10.5. The van der Waals surface area contributed by atoms with Crippen molar-refractivity contribution < 1.29 is 13.6 Å². The fraction of sp³-hybridized carbons (Fsp3) is 0.250. The number of halogens is 2. The molecule has 31 heavy (non-hydrogen) atoms. The number of hydrogen-bond acceptors (Lipinski definition) is 4. The summed E-state index contributed by atoms with van der Waals surface area (Å²) in [7, 11) is 1.78. The van der Waals surface area contributed by atoms with Crippen LogP contribution in [0.2, 0.25) is 0 Å². The van der Waals surface area contributed by atoms with Crippen molar-refractivity contribution in [3.05, 3.63) is 83.1 Å². The van der Waals surface area contributed by atoms with Gasteiger partial charge in [0.25, 0.3) is 0 Å². The molecule has 0 aliphatic rings. The number of carbonyl (C=O) groups excluding carboxylic acids is 1. The molecule has 1 amide bonds. The van der Waals surface area contributed by atoms with E-state index < -0.39 is 0 Å². The van der Waals surface area contributed by atoms with E-state index in [-0.39, 0.29) is 24.0 Å². The maximum Gasteiger partial charge on any atom is 0.224 e. The molecule has 0 atom stereocenters. The Bertz CT molecular complexity index is 1010. The number of pyridine rings is 1. The Morgan fingerprint density at radius 2 is 1.77 bits per heavy atom. The molecule has 0 radical (unpaired) electrons. The minimum atomic E-state index is -0.309. The van der Waals surface area contributed by atoms with Gasteiger partial charge in [-0.05, 0) is 48.2 Å². The number of aryl methyl sites for hydroxylation is 2. The standard InChI is InChI=1S/C24H26F2N4O/c1-3-20-24(30-23(31)12-9-16-5-4-6-19(26)13-16)21(27-2)14-22(29-20)28-15-17-7-10-18(25)11-8-17/h4-8,10-11,13-14H,3,9,12,15H2,1-2H3,(H,30,31)(H2,27,28,29). The van der Waals surface area contributed by atoms with Crippen molar-refractivity contribution in [2.24, 2.45) is 0 Å². The monoisotopic (exact) mass is 424 g/mol. The summed E-state index contributed by atoms with van der Waals surface area (Å²) in [5.41, 5.74) is 3.84. The van der Waals surface area contributed by atoms with Gasteiger partial charge in [0.1, 0.15) is 17.5 Å². The molecule has 2 aromatic carbocycles. The van der Waals surface area contributed by atoms with Crippen LogP contribution in [0.3, 0.4) is 0 Å². The van der Waals surface area contributed by atoms with Crippen molar-refractivity contribution in [3.63, 3.8) is 0 Å². The number of carbonyl (C=O) groups is 1. The van der Waals surface area contributed by atoms with Crippen molar-refractivity contribution in [3.8, 4) is 0 Å². The maximum absolute atomic E-state index is 13.3. The van der Waals surface area contributed by atoms with Gasteiger partial charge in [-0.3, -0.25) is 4.79 Å². The van der Waals surface area contributed by atoms with E-state index in [9.17, 15) is 13.6 Å². The molecular formula is C24H26F2N4O. The fourth-order valence-corrected chi connectivity index (χ4v) is 3.23. The second-order valence-electron chi connectivity index (χ2n) is 7.14. The highest BCUT2D eigenvalue weighted by molar-refractivity contribution is 5.95. The van der Waals surface area contributed by atoms with Crippen LogP contribution in [0, 0.1) is 11.6 Å². The molecule has 3 N–H and O–H groups in total. The molecule has 1 aromatic heterocycles. The van der Waals surface area contributed by atoms with Crippen LogP contribution in [-0.4, -0.2) is 17.9 Å². The first-order valence-electron chi connectivity index (χ1n) is 10.2. The summed E-state index contributed by atoms with van der Waals surface area (Å²) in [4.78, 5) is 17.1. The number of aromatic nitrogens is 1. The molecule has 0 fully saturated rings. The minimum Gasteiger partial charge on any atom is -0.386 e. The number of amides is 1. The highest BCUT2D eigenvalue weighted by atomic mass is 19.1. The predicted octanol–water partition coefficient (Wildman–Crippen LogP) is 5.15. The molecule has 0 bridgehead atoms. The fourth-order valence-electron chi connectivity index (χ4n) is 3.23. The van der Waals surface area contributed by atoms with Crippen molar-refractivity contribution in [2.45, 2.75) is 32.7 Å². The lowest BCUT2D eigenvalue weighted by Gasteiger charge is -2.17. The zero-order valence-corrected chi connectivity index (χ0v) is 17.6. The Balaban J connectivity index is 1.69. The van der Waals surface area contributed by atoms with Crippen molar-refractivity contribution in [1.29, 1.82) is 0 Å². The van der Waals surface area contributed by atoms with Crippen LogP contribution < -0.4 is 16.0 Å². The zero-order valence-electron chi connectivity index (χ0n) is 17.6. The number of anilines is 3. The van der Waals surface area contributed by atoms with Gasteiger partial charge in [0.2, 0.25) is 5.91 Å². The third-order valence-electron chi connectivity index (χ3n) is 4.88. The lowest BCUT2D eigenvalue weighted by atomic mass is 10.1. The van der Waals surface area contributed by atoms with Crippen LogP contribution in [0.1, 0.15) is 30.2 Å². The molecule has 0 aliphatic heterocycles. The van der Waals surface area contributed by atoms with E-state index in [0.29, 0.717) is 30.9 Å². The normalized spacial score (nSPS) is 10.6. The summed E-state index contributed by atoms with van der Waals surface area (Å²) in [6.45, 7) is 2.47. The highest BCUT2D eigenvalue weighted by Gasteiger charge is 2.14.